The molecule has 246 valence electrons. The van der Waals surface area contributed by atoms with Crippen molar-refractivity contribution in [3.8, 4) is 0 Å². The Morgan fingerprint density at radius 3 is 2.47 bits per heavy atom. The molecule has 0 spiro atoms. The summed E-state index contributed by atoms with van der Waals surface area (Å²) in [6.45, 7) is 15.3. The fraction of sp³-hybridized carbons (Fsp3) is 0.515. The molecule has 1 aromatic rings. The first-order valence-electron chi connectivity index (χ1n) is 15.4. The Morgan fingerprint density at radius 1 is 1.09 bits per heavy atom. The van der Waals surface area contributed by atoms with Crippen molar-refractivity contribution in [2.45, 2.75) is 73.3 Å². The maximum absolute atomic E-state index is 14.2. The van der Waals surface area contributed by atoms with Crippen molar-refractivity contribution in [3.05, 3.63) is 63.4 Å². The standard InChI is InChI=1S/C33H46FN5O6/c1-8-38(9-2)16-17-39(32(43)44-18-11-10-15-35-31(42)45-33(5,6)7)30(41)28-21(3)27(36-22(28)4)20-25-24-19-23(34)13-12-14-26(24)37-29(25)40/h13-14,19-20,36H,8-12,15-18H2,1-7H3,(H,35,42)(H,37,40). The normalized spacial score (nSPS) is 15.5. The highest BCUT2D eigenvalue weighted by atomic mass is 19.1. The molecule has 0 aromatic carbocycles. The van der Waals surface area contributed by atoms with Gasteiger partial charge in [0.25, 0.3) is 11.8 Å². The van der Waals surface area contributed by atoms with E-state index in [0.29, 0.717) is 66.1 Å². The summed E-state index contributed by atoms with van der Waals surface area (Å²) in [5.41, 5.74) is 2.54. The van der Waals surface area contributed by atoms with E-state index >= 15 is 0 Å². The summed E-state index contributed by atoms with van der Waals surface area (Å²) in [4.78, 5) is 58.1. The van der Waals surface area contributed by atoms with Gasteiger partial charge in [-0.2, -0.15) is 0 Å². The fourth-order valence-corrected chi connectivity index (χ4v) is 5.02. The number of ether oxygens (including phenoxy) is 2. The fourth-order valence-electron chi connectivity index (χ4n) is 5.02. The van der Waals surface area contributed by atoms with E-state index in [9.17, 15) is 23.6 Å². The molecule has 2 aliphatic rings. The lowest BCUT2D eigenvalue weighted by molar-refractivity contribution is -0.115. The van der Waals surface area contributed by atoms with Crippen LogP contribution in [0.4, 0.5) is 14.0 Å². The van der Waals surface area contributed by atoms with Gasteiger partial charge >= 0.3 is 12.2 Å². The number of likely N-dealkylation sites (N-methyl/N-ethyl adjacent to an activating group) is 1. The molecule has 1 aliphatic carbocycles. The highest BCUT2D eigenvalue weighted by molar-refractivity contribution is 6.10. The molecule has 0 unspecified atom stereocenters. The number of halogens is 1. The van der Waals surface area contributed by atoms with Crippen LogP contribution in [0.1, 0.15) is 81.2 Å². The number of aromatic nitrogens is 1. The topological polar surface area (TPSA) is 133 Å². The molecule has 1 aromatic heterocycles. The lowest BCUT2D eigenvalue weighted by Gasteiger charge is -2.25. The molecule has 0 saturated carbocycles. The van der Waals surface area contributed by atoms with Crippen LogP contribution in [0.15, 0.2) is 40.9 Å². The number of fused-ring (bicyclic) bond motifs is 1. The number of carbonyl (C=O) groups is 4. The second-order valence-corrected chi connectivity index (χ2v) is 11.9. The van der Waals surface area contributed by atoms with Crippen LogP contribution in [-0.2, 0) is 14.3 Å². The Kier molecular flexibility index (Phi) is 12.3. The molecule has 3 N–H and O–H groups in total. The Balaban J connectivity index is 1.75. The lowest BCUT2D eigenvalue weighted by Crippen LogP contribution is -2.43. The van der Waals surface area contributed by atoms with E-state index in [-0.39, 0.29) is 24.6 Å². The van der Waals surface area contributed by atoms with Crippen LogP contribution in [0.2, 0.25) is 0 Å². The van der Waals surface area contributed by atoms with Crippen molar-refractivity contribution in [2.24, 2.45) is 0 Å². The van der Waals surface area contributed by atoms with E-state index < -0.39 is 29.5 Å². The quantitative estimate of drug-likeness (QED) is 0.208. The maximum Gasteiger partial charge on any atom is 0.416 e. The lowest BCUT2D eigenvalue weighted by atomic mass is 10.0. The molecule has 11 nitrogen and oxygen atoms in total. The van der Waals surface area contributed by atoms with Crippen LogP contribution in [0.25, 0.3) is 6.08 Å². The van der Waals surface area contributed by atoms with Crippen LogP contribution in [-0.4, -0.2) is 83.7 Å². The van der Waals surface area contributed by atoms with Gasteiger partial charge in [0.1, 0.15) is 11.4 Å². The number of amides is 4. The summed E-state index contributed by atoms with van der Waals surface area (Å²) in [5, 5.41) is 5.44. The molecular formula is C33H46FN5O6. The first kappa shape index (κ1) is 35.3. The van der Waals surface area contributed by atoms with E-state index in [1.165, 1.54) is 12.2 Å². The minimum Gasteiger partial charge on any atom is -0.449 e. The number of hydrogen-bond acceptors (Lipinski definition) is 7. The predicted molar refractivity (Wildman–Crippen MR) is 170 cm³/mol. The van der Waals surface area contributed by atoms with E-state index in [1.54, 1.807) is 46.8 Å². The molecule has 1 fully saturated rings. The van der Waals surface area contributed by atoms with Crippen LogP contribution in [0.3, 0.4) is 0 Å². The van der Waals surface area contributed by atoms with Crippen LogP contribution < -0.4 is 10.6 Å². The number of alkyl carbamates (subject to hydrolysis) is 1. The maximum atomic E-state index is 14.2. The molecule has 3 rings (SSSR count). The van der Waals surface area contributed by atoms with E-state index in [1.807, 2.05) is 13.8 Å². The first-order chi connectivity index (χ1) is 21.2. The summed E-state index contributed by atoms with van der Waals surface area (Å²) in [6, 6.07) is 0. The smallest absolute Gasteiger partial charge is 0.416 e. The summed E-state index contributed by atoms with van der Waals surface area (Å²) in [7, 11) is 0. The number of carbonyl (C=O) groups excluding carboxylic acids is 4. The van der Waals surface area contributed by atoms with Gasteiger partial charge in [0.15, 0.2) is 0 Å². The molecule has 0 bridgehead atoms. The van der Waals surface area contributed by atoms with E-state index in [2.05, 4.69) is 20.5 Å². The monoisotopic (exact) mass is 627 g/mol. The molecule has 0 atom stereocenters. The Labute approximate surface area is 264 Å². The highest BCUT2D eigenvalue weighted by Gasteiger charge is 2.31. The highest BCUT2D eigenvalue weighted by Crippen LogP contribution is 2.32. The minimum atomic E-state index is -0.761. The summed E-state index contributed by atoms with van der Waals surface area (Å²) in [6.07, 6.45) is 6.20. The summed E-state index contributed by atoms with van der Waals surface area (Å²) < 4.78 is 24.9. The molecule has 45 heavy (non-hydrogen) atoms. The van der Waals surface area contributed by atoms with E-state index in [0.717, 1.165) is 18.0 Å². The number of rotatable bonds is 12. The summed E-state index contributed by atoms with van der Waals surface area (Å²) in [5.74, 6) is -1.32. The van der Waals surface area contributed by atoms with Gasteiger partial charge in [-0.1, -0.05) is 19.9 Å². The van der Waals surface area contributed by atoms with Crippen LogP contribution in [0, 0.1) is 13.8 Å². The van der Waals surface area contributed by atoms with Gasteiger partial charge in [0, 0.05) is 42.3 Å². The number of nitrogens with one attached hydrogen (secondary N) is 3. The number of allylic oxidation sites excluding steroid dienone is 5. The average Bonchev–Trinajstić information content (AvgIpc) is 3.32. The Morgan fingerprint density at radius 2 is 1.80 bits per heavy atom. The number of hydrogen-bond donors (Lipinski definition) is 3. The second-order valence-electron chi connectivity index (χ2n) is 11.9. The van der Waals surface area contributed by atoms with Gasteiger partial charge in [-0.25, -0.2) is 18.9 Å². The molecule has 1 saturated heterocycles. The van der Waals surface area contributed by atoms with Gasteiger partial charge in [-0.05, 0) is 90.8 Å². The number of aromatic amines is 1. The number of nitrogens with zero attached hydrogens (tertiary/aromatic N) is 2. The molecule has 2 heterocycles. The summed E-state index contributed by atoms with van der Waals surface area (Å²) >= 11 is 0. The van der Waals surface area contributed by atoms with Gasteiger partial charge in [-0.3, -0.25) is 9.59 Å². The van der Waals surface area contributed by atoms with Crippen molar-refractivity contribution >= 4 is 30.1 Å². The van der Waals surface area contributed by atoms with Crippen molar-refractivity contribution in [3.63, 3.8) is 0 Å². The third-order valence-electron chi connectivity index (χ3n) is 7.43. The molecular weight excluding hydrogens is 581 g/mol. The van der Waals surface area contributed by atoms with Gasteiger partial charge < -0.3 is 30.0 Å². The number of H-pyrrole nitrogens is 1. The third-order valence-corrected chi connectivity index (χ3v) is 7.43. The van der Waals surface area contributed by atoms with Crippen molar-refractivity contribution in [1.82, 2.24) is 25.4 Å². The molecule has 12 heteroatoms. The molecule has 1 aliphatic heterocycles. The van der Waals surface area contributed by atoms with Crippen molar-refractivity contribution in [2.75, 3.05) is 39.3 Å². The van der Waals surface area contributed by atoms with Crippen LogP contribution in [0.5, 0.6) is 0 Å². The van der Waals surface area contributed by atoms with Gasteiger partial charge in [0.05, 0.1) is 17.7 Å². The first-order valence-corrected chi connectivity index (χ1v) is 15.4. The van der Waals surface area contributed by atoms with Crippen molar-refractivity contribution in [1.29, 1.82) is 0 Å². The third kappa shape index (κ3) is 9.65. The molecule has 0 radical (unpaired) electrons. The average molecular weight is 628 g/mol. The number of imide groups is 1. The zero-order valence-corrected chi connectivity index (χ0v) is 27.4. The predicted octanol–water partition coefficient (Wildman–Crippen LogP) is 5.44. The zero-order chi connectivity index (χ0) is 33.3. The van der Waals surface area contributed by atoms with Crippen molar-refractivity contribution < 1.29 is 33.0 Å². The van der Waals surface area contributed by atoms with Crippen LogP contribution >= 0.6 is 0 Å². The largest absolute Gasteiger partial charge is 0.449 e. The Hall–Kier alpha value is -4.19. The second kappa shape index (κ2) is 15.7. The minimum absolute atomic E-state index is 0.0669. The van der Waals surface area contributed by atoms with Gasteiger partial charge in [-0.15, -0.1) is 0 Å². The SMILES string of the molecule is CCN(CC)CCN(C(=O)OCCCCNC(=O)OC(C)(C)C)C(=O)c1c(C)[nH]c(C=C2C(=O)NC3=CCC=C(F)C=C32)c1C. The number of unbranched alkanes of at least 4 members (excludes halogenated alkanes) is 1. The number of aryl methyl sites for hydroxylation is 1. The Bertz CT molecular complexity index is 1410. The molecule has 4 amide bonds. The van der Waals surface area contributed by atoms with E-state index in [4.69, 9.17) is 9.47 Å². The zero-order valence-electron chi connectivity index (χ0n) is 27.4. The van der Waals surface area contributed by atoms with Gasteiger partial charge in [0.2, 0.25) is 0 Å².